The summed E-state index contributed by atoms with van der Waals surface area (Å²) >= 11 is 5.92. The standard InChI is InChI=1S/C13H15ClF3N/c1-8(9(2)14)10(3)18-12-7-5-4-6-11(12)13(15,16)17/h4-9H,1-3H3/t8-,9?/m0/s1. The van der Waals surface area contributed by atoms with Gasteiger partial charge in [-0.15, -0.1) is 11.6 Å². The number of hydrogen-bond acceptors (Lipinski definition) is 1. The zero-order chi connectivity index (χ0) is 13.9. The second kappa shape index (κ2) is 5.74. The van der Waals surface area contributed by atoms with Crippen molar-refractivity contribution in [2.75, 3.05) is 0 Å². The lowest BCUT2D eigenvalue weighted by Gasteiger charge is -2.15. The van der Waals surface area contributed by atoms with Crippen molar-refractivity contribution in [3.63, 3.8) is 0 Å². The SMILES string of the molecule is CC(=Nc1ccccc1C(F)(F)F)[C@@H](C)C(C)Cl. The Balaban J connectivity index is 3.15. The largest absolute Gasteiger partial charge is 0.418 e. The van der Waals surface area contributed by atoms with Crippen molar-refractivity contribution < 1.29 is 13.2 Å². The number of aliphatic imine (C=N–C) groups is 1. The van der Waals surface area contributed by atoms with Crippen molar-refractivity contribution in [1.82, 2.24) is 0 Å². The second-order valence-corrected chi connectivity index (χ2v) is 4.92. The van der Waals surface area contributed by atoms with Gasteiger partial charge in [-0.3, -0.25) is 4.99 Å². The summed E-state index contributed by atoms with van der Waals surface area (Å²) in [5.41, 5.74) is -0.195. The van der Waals surface area contributed by atoms with Gasteiger partial charge < -0.3 is 0 Å². The number of alkyl halides is 4. The van der Waals surface area contributed by atoms with E-state index in [1.807, 2.05) is 6.92 Å². The van der Waals surface area contributed by atoms with Gasteiger partial charge in [0.15, 0.2) is 0 Å². The predicted molar refractivity (Wildman–Crippen MR) is 68.7 cm³/mol. The van der Waals surface area contributed by atoms with Crippen LogP contribution < -0.4 is 0 Å². The maximum Gasteiger partial charge on any atom is 0.418 e. The number of para-hydroxylation sites is 1. The molecule has 0 N–H and O–H groups in total. The Morgan fingerprint density at radius 2 is 1.78 bits per heavy atom. The fraction of sp³-hybridized carbons (Fsp3) is 0.462. The average Bonchev–Trinajstić information content (AvgIpc) is 2.27. The van der Waals surface area contributed by atoms with Crippen LogP contribution in [0, 0.1) is 5.92 Å². The summed E-state index contributed by atoms with van der Waals surface area (Å²) in [6.07, 6.45) is -4.39. The summed E-state index contributed by atoms with van der Waals surface area (Å²) in [6.45, 7) is 5.32. The molecule has 0 saturated heterocycles. The molecule has 1 unspecified atom stereocenters. The van der Waals surface area contributed by atoms with E-state index in [1.165, 1.54) is 18.2 Å². The average molecular weight is 278 g/mol. The van der Waals surface area contributed by atoms with Crippen LogP contribution >= 0.6 is 11.6 Å². The Kier molecular flexibility index (Phi) is 4.79. The van der Waals surface area contributed by atoms with Crippen LogP contribution in [-0.2, 0) is 6.18 Å². The van der Waals surface area contributed by atoms with Crippen LogP contribution in [0.15, 0.2) is 29.3 Å². The lowest BCUT2D eigenvalue weighted by Crippen LogP contribution is -2.16. The number of hydrogen-bond donors (Lipinski definition) is 0. The van der Waals surface area contributed by atoms with E-state index in [0.717, 1.165) is 6.07 Å². The molecule has 0 saturated carbocycles. The van der Waals surface area contributed by atoms with Gasteiger partial charge in [-0.05, 0) is 26.0 Å². The molecule has 100 valence electrons. The molecule has 0 aliphatic heterocycles. The minimum absolute atomic E-state index is 0.0633. The summed E-state index contributed by atoms with van der Waals surface area (Å²) in [7, 11) is 0. The van der Waals surface area contributed by atoms with E-state index in [9.17, 15) is 13.2 Å². The quantitative estimate of drug-likeness (QED) is 0.541. The van der Waals surface area contributed by atoms with Crippen molar-refractivity contribution in [2.24, 2.45) is 10.9 Å². The monoisotopic (exact) mass is 277 g/mol. The predicted octanol–water partition coefficient (Wildman–Crippen LogP) is 5.06. The van der Waals surface area contributed by atoms with Crippen molar-refractivity contribution >= 4 is 23.0 Å². The second-order valence-electron chi connectivity index (χ2n) is 4.23. The van der Waals surface area contributed by atoms with Gasteiger partial charge in [0.1, 0.15) is 0 Å². The Labute approximate surface area is 110 Å². The third kappa shape index (κ3) is 3.73. The Morgan fingerprint density at radius 1 is 1.22 bits per heavy atom. The topological polar surface area (TPSA) is 12.4 Å². The highest BCUT2D eigenvalue weighted by Crippen LogP contribution is 2.36. The molecule has 0 heterocycles. The zero-order valence-corrected chi connectivity index (χ0v) is 11.2. The summed E-state index contributed by atoms with van der Waals surface area (Å²) in [5.74, 6) is -0.0760. The maximum absolute atomic E-state index is 12.8. The molecule has 0 aliphatic rings. The lowest BCUT2D eigenvalue weighted by atomic mass is 10.0. The van der Waals surface area contributed by atoms with E-state index in [4.69, 9.17) is 11.6 Å². The highest BCUT2D eigenvalue weighted by molar-refractivity contribution is 6.22. The molecule has 2 atom stereocenters. The first-order chi connectivity index (χ1) is 8.23. The summed E-state index contributed by atoms with van der Waals surface area (Å²) in [5, 5.41) is -0.174. The number of nitrogens with zero attached hydrogens (tertiary/aromatic N) is 1. The molecule has 0 amide bonds. The van der Waals surface area contributed by atoms with Gasteiger partial charge in [0.25, 0.3) is 0 Å². The van der Waals surface area contributed by atoms with Crippen molar-refractivity contribution in [3.05, 3.63) is 29.8 Å². The fourth-order valence-corrected chi connectivity index (χ4v) is 1.62. The van der Waals surface area contributed by atoms with Gasteiger partial charge in [-0.2, -0.15) is 13.2 Å². The van der Waals surface area contributed by atoms with Gasteiger partial charge in [0.2, 0.25) is 0 Å². The summed E-state index contributed by atoms with van der Waals surface area (Å²) in [4.78, 5) is 4.06. The summed E-state index contributed by atoms with van der Waals surface area (Å²) in [6, 6.07) is 5.28. The molecule has 1 aromatic rings. The van der Waals surface area contributed by atoms with Crippen LogP contribution in [0.5, 0.6) is 0 Å². The molecule has 1 aromatic carbocycles. The van der Waals surface area contributed by atoms with Crippen molar-refractivity contribution in [1.29, 1.82) is 0 Å². The third-order valence-electron chi connectivity index (χ3n) is 2.85. The minimum atomic E-state index is -4.39. The fourth-order valence-electron chi connectivity index (χ4n) is 1.44. The molecule has 1 rings (SSSR count). The van der Waals surface area contributed by atoms with E-state index in [0.29, 0.717) is 5.71 Å². The van der Waals surface area contributed by atoms with E-state index in [2.05, 4.69) is 4.99 Å². The molecular weight excluding hydrogens is 263 g/mol. The van der Waals surface area contributed by atoms with Crippen LogP contribution in [0.25, 0.3) is 0 Å². The smallest absolute Gasteiger partial charge is 0.257 e. The van der Waals surface area contributed by atoms with Crippen LogP contribution in [0.4, 0.5) is 18.9 Å². The molecule has 1 nitrogen and oxygen atoms in total. The molecular formula is C13H15ClF3N. The van der Waals surface area contributed by atoms with E-state index < -0.39 is 11.7 Å². The first-order valence-electron chi connectivity index (χ1n) is 5.59. The minimum Gasteiger partial charge on any atom is -0.257 e. The Bertz CT molecular complexity index is 438. The molecule has 18 heavy (non-hydrogen) atoms. The molecule has 0 aromatic heterocycles. The highest BCUT2D eigenvalue weighted by atomic mass is 35.5. The van der Waals surface area contributed by atoms with Crippen LogP contribution in [-0.4, -0.2) is 11.1 Å². The third-order valence-corrected chi connectivity index (χ3v) is 3.23. The Morgan fingerprint density at radius 3 is 2.28 bits per heavy atom. The van der Waals surface area contributed by atoms with Gasteiger partial charge in [-0.25, -0.2) is 0 Å². The van der Waals surface area contributed by atoms with Gasteiger partial charge in [0, 0.05) is 17.0 Å². The highest BCUT2D eigenvalue weighted by Gasteiger charge is 2.33. The molecule has 0 bridgehead atoms. The van der Waals surface area contributed by atoms with Gasteiger partial charge in [0.05, 0.1) is 11.3 Å². The lowest BCUT2D eigenvalue weighted by molar-refractivity contribution is -0.137. The first-order valence-corrected chi connectivity index (χ1v) is 6.02. The number of halogens is 4. The van der Waals surface area contributed by atoms with Crippen LogP contribution in [0.2, 0.25) is 0 Å². The van der Waals surface area contributed by atoms with Gasteiger partial charge >= 0.3 is 6.18 Å². The zero-order valence-electron chi connectivity index (χ0n) is 10.4. The van der Waals surface area contributed by atoms with E-state index in [1.54, 1.807) is 13.8 Å². The number of benzene rings is 1. The maximum atomic E-state index is 12.8. The molecule has 0 spiro atoms. The molecule has 0 fully saturated rings. The normalized spacial score (nSPS) is 16.5. The number of rotatable bonds is 3. The van der Waals surface area contributed by atoms with Crippen LogP contribution in [0.3, 0.4) is 0 Å². The Hall–Kier alpha value is -1.03. The van der Waals surface area contributed by atoms with E-state index >= 15 is 0 Å². The van der Waals surface area contributed by atoms with Crippen molar-refractivity contribution in [2.45, 2.75) is 32.3 Å². The first kappa shape index (κ1) is 15.0. The van der Waals surface area contributed by atoms with E-state index in [-0.39, 0.29) is 17.0 Å². The van der Waals surface area contributed by atoms with Crippen molar-refractivity contribution in [3.8, 4) is 0 Å². The van der Waals surface area contributed by atoms with Gasteiger partial charge in [-0.1, -0.05) is 19.1 Å². The molecule has 0 radical (unpaired) electrons. The summed E-state index contributed by atoms with van der Waals surface area (Å²) < 4.78 is 38.3. The molecule has 0 aliphatic carbocycles. The molecule has 5 heteroatoms. The van der Waals surface area contributed by atoms with Crippen LogP contribution in [0.1, 0.15) is 26.3 Å².